The van der Waals surface area contributed by atoms with Gasteiger partial charge in [-0.1, -0.05) is 13.8 Å². The normalized spacial score (nSPS) is 10.8. The minimum atomic E-state index is -0.402. The minimum absolute atomic E-state index is 0.291. The fourth-order valence-electron chi connectivity index (χ4n) is 2.32. The summed E-state index contributed by atoms with van der Waals surface area (Å²) in [6.45, 7) is 6.32. The first kappa shape index (κ1) is 19.0. The molecule has 0 N–H and O–H groups in total. The van der Waals surface area contributed by atoms with Gasteiger partial charge in [-0.05, 0) is 58.6 Å². The molecule has 0 saturated heterocycles. The van der Waals surface area contributed by atoms with Gasteiger partial charge in [0.15, 0.2) is 5.69 Å². The van der Waals surface area contributed by atoms with Crippen LogP contribution < -0.4 is 9.47 Å². The molecule has 5 nitrogen and oxygen atoms in total. The summed E-state index contributed by atoms with van der Waals surface area (Å²) in [5.74, 6) is 1.37. The topological polar surface area (TPSA) is 57.7 Å². The van der Waals surface area contributed by atoms with Crippen LogP contribution in [0.1, 0.15) is 42.7 Å². The maximum atomic E-state index is 12.0. The molecule has 0 aliphatic heterocycles. The van der Waals surface area contributed by atoms with Crippen molar-refractivity contribution >= 4 is 40.1 Å². The third-order valence-corrected chi connectivity index (χ3v) is 5.82. The molecule has 0 unspecified atom stereocenters. The van der Waals surface area contributed by atoms with E-state index in [4.69, 9.17) is 14.2 Å². The van der Waals surface area contributed by atoms with Crippen molar-refractivity contribution in [2.24, 2.45) is 0 Å². The molecule has 0 atom stereocenters. The number of hydrogen-bond donors (Lipinski definition) is 0. The van der Waals surface area contributed by atoms with Crippen LogP contribution in [0.25, 0.3) is 10.4 Å². The van der Waals surface area contributed by atoms with E-state index < -0.39 is 5.97 Å². The van der Waals surface area contributed by atoms with Gasteiger partial charge in [-0.15, -0.1) is 0 Å². The molecular formula is C17H20INO4S. The number of esters is 1. The molecule has 2 rings (SSSR count). The van der Waals surface area contributed by atoms with Crippen molar-refractivity contribution in [3.63, 3.8) is 0 Å². The lowest BCUT2D eigenvalue weighted by atomic mass is 9.98. The standard InChI is InChI=1S/C17H20INO4S/c1-6-23-17(20)15-14(18)16(24-19-15)11-7-10(9(2)3)12(21-4)8-13(11)22-5/h7-9H,6H2,1-5H3. The Kier molecular flexibility index (Phi) is 6.45. The Balaban J connectivity index is 2.60. The molecule has 0 aliphatic rings. The van der Waals surface area contributed by atoms with E-state index in [0.717, 1.165) is 25.3 Å². The van der Waals surface area contributed by atoms with Crippen LogP contribution in [-0.2, 0) is 4.74 Å². The quantitative estimate of drug-likeness (QED) is 0.460. The number of benzene rings is 1. The lowest BCUT2D eigenvalue weighted by molar-refractivity contribution is 0.0519. The first-order valence-corrected chi connectivity index (χ1v) is 9.38. The summed E-state index contributed by atoms with van der Waals surface area (Å²) in [5.41, 5.74) is 2.33. The molecule has 1 aromatic heterocycles. The van der Waals surface area contributed by atoms with Gasteiger partial charge in [0.2, 0.25) is 0 Å². The van der Waals surface area contributed by atoms with E-state index in [1.165, 1.54) is 11.5 Å². The Hall–Kier alpha value is -1.35. The highest BCUT2D eigenvalue weighted by Crippen LogP contribution is 2.42. The number of aromatic nitrogens is 1. The summed E-state index contributed by atoms with van der Waals surface area (Å²) >= 11 is 3.40. The van der Waals surface area contributed by atoms with Crippen molar-refractivity contribution in [3.05, 3.63) is 27.0 Å². The van der Waals surface area contributed by atoms with Crippen LogP contribution in [0.4, 0.5) is 0 Å². The number of hydrogen-bond acceptors (Lipinski definition) is 6. The number of rotatable bonds is 6. The first-order valence-electron chi connectivity index (χ1n) is 7.53. The van der Waals surface area contributed by atoms with Gasteiger partial charge in [-0.25, -0.2) is 4.79 Å². The zero-order valence-corrected chi connectivity index (χ0v) is 17.3. The summed E-state index contributed by atoms with van der Waals surface area (Å²) in [5, 5.41) is 0. The van der Waals surface area contributed by atoms with Crippen LogP contribution in [0, 0.1) is 3.57 Å². The molecule has 1 aromatic carbocycles. The Morgan fingerprint density at radius 3 is 2.46 bits per heavy atom. The fraction of sp³-hybridized carbons (Fsp3) is 0.412. The second-order valence-corrected chi connectivity index (χ2v) is 7.20. The highest BCUT2D eigenvalue weighted by Gasteiger charge is 2.23. The minimum Gasteiger partial charge on any atom is -0.496 e. The Labute approximate surface area is 159 Å². The zero-order valence-electron chi connectivity index (χ0n) is 14.3. The summed E-state index contributed by atoms with van der Waals surface area (Å²) in [6.07, 6.45) is 0. The molecular weight excluding hydrogens is 441 g/mol. The van der Waals surface area contributed by atoms with Crippen molar-refractivity contribution < 1.29 is 19.0 Å². The van der Waals surface area contributed by atoms with Gasteiger partial charge in [-0.2, -0.15) is 4.37 Å². The Morgan fingerprint density at radius 1 is 1.25 bits per heavy atom. The molecule has 7 heteroatoms. The smallest absolute Gasteiger partial charge is 0.359 e. The maximum Gasteiger partial charge on any atom is 0.359 e. The first-order chi connectivity index (χ1) is 11.4. The van der Waals surface area contributed by atoms with Crippen molar-refractivity contribution in [3.8, 4) is 21.9 Å². The number of carbonyl (C=O) groups is 1. The van der Waals surface area contributed by atoms with E-state index >= 15 is 0 Å². The van der Waals surface area contributed by atoms with Crippen LogP contribution in [0.2, 0.25) is 0 Å². The largest absolute Gasteiger partial charge is 0.496 e. The molecule has 0 saturated carbocycles. The Morgan fingerprint density at radius 2 is 1.92 bits per heavy atom. The summed E-state index contributed by atoms with van der Waals surface area (Å²) in [4.78, 5) is 12.9. The van der Waals surface area contributed by atoms with Gasteiger partial charge in [-0.3, -0.25) is 0 Å². The molecule has 0 amide bonds. The number of ether oxygens (including phenoxy) is 3. The van der Waals surface area contributed by atoms with Crippen LogP contribution in [-0.4, -0.2) is 31.2 Å². The van der Waals surface area contributed by atoms with Gasteiger partial charge >= 0.3 is 5.97 Å². The van der Waals surface area contributed by atoms with Crippen molar-refractivity contribution in [2.75, 3.05) is 20.8 Å². The second kappa shape index (κ2) is 8.15. The van der Waals surface area contributed by atoms with Crippen LogP contribution in [0.15, 0.2) is 12.1 Å². The highest BCUT2D eigenvalue weighted by atomic mass is 127. The molecule has 130 valence electrons. The molecule has 0 spiro atoms. The van der Waals surface area contributed by atoms with E-state index in [0.29, 0.717) is 24.0 Å². The number of carbonyl (C=O) groups excluding carboxylic acids is 1. The van der Waals surface area contributed by atoms with Crippen molar-refractivity contribution in [1.82, 2.24) is 4.37 Å². The molecule has 2 aromatic rings. The van der Waals surface area contributed by atoms with Crippen LogP contribution in [0.5, 0.6) is 11.5 Å². The average Bonchev–Trinajstić information content (AvgIpc) is 2.95. The van der Waals surface area contributed by atoms with Crippen molar-refractivity contribution in [1.29, 1.82) is 0 Å². The average molecular weight is 461 g/mol. The third-order valence-electron chi connectivity index (χ3n) is 3.52. The molecule has 0 fully saturated rings. The predicted molar refractivity (Wildman–Crippen MR) is 103 cm³/mol. The van der Waals surface area contributed by atoms with Crippen LogP contribution >= 0.6 is 34.1 Å². The van der Waals surface area contributed by atoms with Gasteiger partial charge < -0.3 is 14.2 Å². The van der Waals surface area contributed by atoms with Gasteiger partial charge in [0.05, 0.1) is 29.3 Å². The van der Waals surface area contributed by atoms with Gasteiger partial charge in [0, 0.05) is 11.6 Å². The van der Waals surface area contributed by atoms with E-state index in [1.54, 1.807) is 21.1 Å². The van der Waals surface area contributed by atoms with E-state index in [-0.39, 0.29) is 0 Å². The zero-order chi connectivity index (χ0) is 17.9. The monoisotopic (exact) mass is 461 g/mol. The third kappa shape index (κ3) is 3.66. The van der Waals surface area contributed by atoms with Gasteiger partial charge in [0.1, 0.15) is 11.5 Å². The SMILES string of the molecule is CCOC(=O)c1nsc(-c2cc(C(C)C)c(OC)cc2OC)c1I. The Bertz CT molecular complexity index is 742. The molecule has 0 bridgehead atoms. The summed E-state index contributed by atoms with van der Waals surface area (Å²) in [7, 11) is 3.27. The maximum absolute atomic E-state index is 12.0. The molecule has 24 heavy (non-hydrogen) atoms. The summed E-state index contributed by atoms with van der Waals surface area (Å²) < 4.78 is 21.1. The number of halogens is 1. The lowest BCUT2D eigenvalue weighted by Gasteiger charge is -2.16. The van der Waals surface area contributed by atoms with Crippen molar-refractivity contribution in [2.45, 2.75) is 26.7 Å². The number of nitrogens with zero attached hydrogens (tertiary/aromatic N) is 1. The highest BCUT2D eigenvalue weighted by molar-refractivity contribution is 14.1. The predicted octanol–water partition coefficient (Wildman–Crippen LogP) is 4.73. The molecule has 0 aliphatic carbocycles. The van der Waals surface area contributed by atoms with Crippen LogP contribution in [0.3, 0.4) is 0 Å². The number of methoxy groups -OCH3 is 2. The molecule has 1 heterocycles. The van der Waals surface area contributed by atoms with E-state index in [1.807, 2.05) is 12.1 Å². The van der Waals surface area contributed by atoms with Gasteiger partial charge in [0.25, 0.3) is 0 Å². The summed E-state index contributed by atoms with van der Waals surface area (Å²) in [6, 6.07) is 3.93. The van der Waals surface area contributed by atoms with E-state index in [2.05, 4.69) is 40.8 Å². The second-order valence-electron chi connectivity index (χ2n) is 5.34. The molecule has 0 radical (unpaired) electrons. The van der Waals surface area contributed by atoms with E-state index in [9.17, 15) is 4.79 Å². The fourth-order valence-corrected chi connectivity index (χ4v) is 4.20. The lowest BCUT2D eigenvalue weighted by Crippen LogP contribution is -2.06.